The Kier molecular flexibility index (Phi) is 6.95. The zero-order valence-electron chi connectivity index (χ0n) is 16.6. The minimum atomic E-state index is -0.783. The van der Waals surface area contributed by atoms with Gasteiger partial charge in [0.1, 0.15) is 33.8 Å². The molecular weight excluding hydrogens is 394 g/mol. The second-order valence-electron chi connectivity index (χ2n) is 6.78. The van der Waals surface area contributed by atoms with Crippen molar-refractivity contribution in [3.63, 3.8) is 0 Å². The smallest absolute Gasteiger partial charge is 0.294 e. The minimum Gasteiger partial charge on any atom is -0.507 e. The van der Waals surface area contributed by atoms with Gasteiger partial charge in [-0.05, 0) is 31.0 Å². The average molecular weight is 417 g/mol. The lowest BCUT2D eigenvalue weighted by molar-refractivity contribution is -0.757. The maximum absolute atomic E-state index is 12.8. The highest BCUT2D eigenvalue weighted by Crippen LogP contribution is 2.31. The second kappa shape index (κ2) is 9.82. The number of hydrogen-bond acceptors (Lipinski definition) is 8. The Morgan fingerprint density at radius 1 is 1.00 bits per heavy atom. The average Bonchev–Trinajstić information content (AvgIpc) is 2.72. The first-order chi connectivity index (χ1) is 14.5. The van der Waals surface area contributed by atoms with Crippen LogP contribution < -0.4 is 14.9 Å². The number of hydrogen-bond donors (Lipinski definition) is 1. The number of nitrogens with zero attached hydrogens (tertiary/aromatic N) is 1. The molecule has 3 rings (SSSR count). The zero-order valence-corrected chi connectivity index (χ0v) is 16.6. The van der Waals surface area contributed by atoms with Crippen LogP contribution in [0.2, 0.25) is 0 Å². The van der Waals surface area contributed by atoms with E-state index in [1.54, 1.807) is 24.3 Å². The lowest BCUT2D eigenvalue weighted by atomic mass is 10.1. The van der Waals surface area contributed by atoms with Gasteiger partial charge in [0.05, 0.1) is 25.7 Å². The summed E-state index contributed by atoms with van der Waals surface area (Å²) >= 11 is 0. The highest BCUT2D eigenvalue weighted by Gasteiger charge is 2.14. The van der Waals surface area contributed by atoms with Crippen LogP contribution in [0.4, 0.5) is 0 Å². The monoisotopic (exact) mass is 417 g/mol. The van der Waals surface area contributed by atoms with E-state index in [0.29, 0.717) is 35.5 Å². The van der Waals surface area contributed by atoms with E-state index >= 15 is 0 Å². The van der Waals surface area contributed by atoms with Crippen LogP contribution in [0.5, 0.6) is 17.2 Å². The van der Waals surface area contributed by atoms with Crippen LogP contribution in [0, 0.1) is 10.1 Å². The highest BCUT2D eigenvalue weighted by atomic mass is 16.9. The van der Waals surface area contributed by atoms with Gasteiger partial charge in [-0.3, -0.25) is 4.79 Å². The Balaban J connectivity index is 1.60. The van der Waals surface area contributed by atoms with E-state index in [1.807, 2.05) is 0 Å². The lowest BCUT2D eigenvalue weighted by Gasteiger charge is -2.09. The van der Waals surface area contributed by atoms with Gasteiger partial charge in [0.25, 0.3) is 5.09 Å². The molecule has 0 spiro atoms. The van der Waals surface area contributed by atoms with Crippen LogP contribution in [0.15, 0.2) is 39.5 Å². The van der Waals surface area contributed by atoms with Crippen molar-refractivity contribution in [2.45, 2.75) is 32.1 Å². The molecule has 1 heterocycles. The summed E-state index contributed by atoms with van der Waals surface area (Å²) in [6.07, 6.45) is 4.08. The Bertz CT molecular complexity index is 1090. The molecule has 0 aliphatic carbocycles. The van der Waals surface area contributed by atoms with Gasteiger partial charge in [0.2, 0.25) is 5.43 Å². The maximum atomic E-state index is 12.8. The van der Waals surface area contributed by atoms with E-state index in [0.717, 1.165) is 25.7 Å². The van der Waals surface area contributed by atoms with Crippen molar-refractivity contribution in [1.82, 2.24) is 0 Å². The first-order valence-corrected chi connectivity index (χ1v) is 9.67. The van der Waals surface area contributed by atoms with Crippen molar-refractivity contribution in [3.8, 4) is 17.2 Å². The molecular formula is C21H23NO8. The molecule has 0 saturated carbocycles. The Labute approximate surface area is 171 Å². The lowest BCUT2D eigenvalue weighted by Crippen LogP contribution is -2.04. The molecule has 0 amide bonds. The van der Waals surface area contributed by atoms with Gasteiger partial charge in [-0.15, -0.1) is 10.1 Å². The first-order valence-electron chi connectivity index (χ1n) is 9.67. The normalized spacial score (nSPS) is 11.0. The topological polar surface area (TPSA) is 121 Å². The summed E-state index contributed by atoms with van der Waals surface area (Å²) < 4.78 is 16.6. The van der Waals surface area contributed by atoms with E-state index in [2.05, 4.69) is 4.84 Å². The van der Waals surface area contributed by atoms with E-state index in [1.165, 1.54) is 13.2 Å². The molecule has 0 fully saturated rings. The first kappa shape index (κ1) is 21.2. The van der Waals surface area contributed by atoms with Gasteiger partial charge in [-0.25, -0.2) is 0 Å². The number of methoxy groups -OCH3 is 1. The van der Waals surface area contributed by atoms with Crippen LogP contribution in [0.1, 0.15) is 32.1 Å². The number of unbranched alkanes of at least 4 members (excludes halogenated alkanes) is 4. The van der Waals surface area contributed by atoms with E-state index in [4.69, 9.17) is 13.9 Å². The summed E-state index contributed by atoms with van der Waals surface area (Å²) in [6.45, 7) is 0.553. The van der Waals surface area contributed by atoms with Crippen LogP contribution in [0.3, 0.4) is 0 Å². The summed E-state index contributed by atoms with van der Waals surface area (Å²) in [5, 5.41) is 20.0. The summed E-state index contributed by atoms with van der Waals surface area (Å²) in [7, 11) is 1.51. The predicted molar refractivity (Wildman–Crippen MR) is 110 cm³/mol. The number of aromatic hydroxyl groups is 1. The molecule has 30 heavy (non-hydrogen) atoms. The quantitative estimate of drug-likeness (QED) is 0.213. The second-order valence-corrected chi connectivity index (χ2v) is 6.78. The van der Waals surface area contributed by atoms with Gasteiger partial charge < -0.3 is 23.8 Å². The maximum Gasteiger partial charge on any atom is 0.294 e. The van der Waals surface area contributed by atoms with Crippen molar-refractivity contribution in [1.29, 1.82) is 0 Å². The van der Waals surface area contributed by atoms with Gasteiger partial charge in [-0.1, -0.05) is 19.3 Å². The van der Waals surface area contributed by atoms with Gasteiger partial charge in [-0.2, -0.15) is 0 Å². The van der Waals surface area contributed by atoms with Crippen molar-refractivity contribution in [2.75, 3.05) is 20.3 Å². The molecule has 9 heteroatoms. The number of rotatable bonds is 11. The van der Waals surface area contributed by atoms with Crippen LogP contribution in [0.25, 0.3) is 21.9 Å². The number of phenolic OH excluding ortho intramolecular Hbond substituents is 1. The molecule has 3 aromatic rings. The molecule has 0 bridgehead atoms. The fourth-order valence-electron chi connectivity index (χ4n) is 3.19. The molecule has 1 N–H and O–H groups in total. The number of benzene rings is 2. The third kappa shape index (κ3) is 5.11. The number of phenols is 1. The molecule has 0 aliphatic heterocycles. The summed E-state index contributed by atoms with van der Waals surface area (Å²) in [5.41, 5.74) is 0.305. The summed E-state index contributed by atoms with van der Waals surface area (Å²) in [5.74, 6) is 0.737. The molecule has 0 aliphatic rings. The molecule has 0 atom stereocenters. The Morgan fingerprint density at radius 2 is 1.73 bits per heavy atom. The highest BCUT2D eigenvalue weighted by molar-refractivity contribution is 5.94. The molecule has 0 radical (unpaired) electrons. The van der Waals surface area contributed by atoms with Crippen LogP contribution >= 0.6 is 0 Å². The zero-order chi connectivity index (χ0) is 21.5. The molecule has 9 nitrogen and oxygen atoms in total. The van der Waals surface area contributed by atoms with Gasteiger partial charge in [0, 0.05) is 12.1 Å². The molecule has 160 valence electrons. The molecule has 2 aromatic carbocycles. The van der Waals surface area contributed by atoms with E-state index in [-0.39, 0.29) is 28.8 Å². The SMILES string of the molecule is COc1ccc2oc3cc(OCCCCCCCO[N+](=O)[O-])cc(O)c3c(=O)c2c1. The third-order valence-electron chi connectivity index (χ3n) is 4.69. The summed E-state index contributed by atoms with van der Waals surface area (Å²) in [6, 6.07) is 7.92. The van der Waals surface area contributed by atoms with Crippen LogP contribution in [-0.2, 0) is 4.84 Å². The minimum absolute atomic E-state index is 0.0973. The molecule has 0 saturated heterocycles. The Morgan fingerprint density at radius 3 is 2.47 bits per heavy atom. The van der Waals surface area contributed by atoms with Gasteiger partial charge in [0.15, 0.2) is 0 Å². The third-order valence-corrected chi connectivity index (χ3v) is 4.69. The molecule has 0 unspecified atom stereocenters. The van der Waals surface area contributed by atoms with Crippen molar-refractivity contribution < 1.29 is 28.9 Å². The van der Waals surface area contributed by atoms with E-state index in [9.17, 15) is 20.0 Å². The van der Waals surface area contributed by atoms with Crippen molar-refractivity contribution in [2.24, 2.45) is 0 Å². The van der Waals surface area contributed by atoms with Crippen molar-refractivity contribution in [3.05, 3.63) is 50.7 Å². The molecule has 1 aromatic heterocycles. The number of ether oxygens (including phenoxy) is 2. The van der Waals surface area contributed by atoms with Crippen LogP contribution in [-0.4, -0.2) is 30.5 Å². The van der Waals surface area contributed by atoms with E-state index < -0.39 is 5.09 Å². The van der Waals surface area contributed by atoms with Gasteiger partial charge >= 0.3 is 0 Å². The standard InChI is InChI=1S/C21H23NO8/c1-27-14-7-8-18-16(11-14)21(24)20-17(23)12-15(13-19(20)30-18)28-9-5-3-2-4-6-10-29-22(25)26/h7-8,11-13,23H,2-6,9-10H2,1H3. The van der Waals surface area contributed by atoms with Crippen molar-refractivity contribution >= 4 is 21.9 Å². The number of fused-ring (bicyclic) bond motifs is 2. The fourth-order valence-corrected chi connectivity index (χ4v) is 3.19. The Hall–Kier alpha value is -3.49. The fraction of sp³-hybridized carbons (Fsp3) is 0.381. The largest absolute Gasteiger partial charge is 0.507 e. The summed E-state index contributed by atoms with van der Waals surface area (Å²) in [4.78, 5) is 27.1. The predicted octanol–water partition coefficient (Wildman–Crippen LogP) is 4.20.